The molecule has 2 N–H and O–H groups in total. The Labute approximate surface area is 134 Å². The van der Waals surface area contributed by atoms with Crippen LogP contribution in [0.4, 0.5) is 0 Å². The maximum absolute atomic E-state index is 9.99. The van der Waals surface area contributed by atoms with Crippen molar-refractivity contribution < 1.29 is 10.2 Å². The largest absolute Gasteiger partial charge is 0.493 e. The minimum atomic E-state index is -0.414. The summed E-state index contributed by atoms with van der Waals surface area (Å²) in [7, 11) is 0. The lowest BCUT2D eigenvalue weighted by atomic mass is 10.0. The van der Waals surface area contributed by atoms with Gasteiger partial charge in [-0.15, -0.1) is 11.3 Å². The van der Waals surface area contributed by atoms with Gasteiger partial charge < -0.3 is 10.2 Å². The predicted octanol–water partition coefficient (Wildman–Crippen LogP) is 4.56. The van der Waals surface area contributed by atoms with Crippen molar-refractivity contribution in [2.24, 2.45) is 0 Å². The summed E-state index contributed by atoms with van der Waals surface area (Å²) in [6.07, 6.45) is 0. The third-order valence-electron chi connectivity index (χ3n) is 4.14. The standard InChI is InChI=1S/C18H10N2O2S/c21-17-11-5-6-13-15(16(11)19-18(22)20-17)12-7-9-3-1-2-4-10(9)8-14(12)23-13/h1-8H,(H2,19,20,21,22). The quantitative estimate of drug-likeness (QED) is 0.439. The Morgan fingerprint density at radius 2 is 1.57 bits per heavy atom. The van der Waals surface area contributed by atoms with Crippen molar-refractivity contribution in [2.75, 3.05) is 0 Å². The van der Waals surface area contributed by atoms with Crippen molar-refractivity contribution in [3.63, 3.8) is 0 Å². The average Bonchev–Trinajstić information content (AvgIpc) is 2.90. The highest BCUT2D eigenvalue weighted by molar-refractivity contribution is 7.26. The number of aromatic nitrogens is 2. The summed E-state index contributed by atoms with van der Waals surface area (Å²) in [5.41, 5.74) is 0.578. The van der Waals surface area contributed by atoms with E-state index in [1.807, 2.05) is 18.2 Å². The molecule has 0 saturated carbocycles. The third-order valence-corrected chi connectivity index (χ3v) is 5.25. The van der Waals surface area contributed by atoms with Gasteiger partial charge in [-0.25, -0.2) is 0 Å². The Morgan fingerprint density at radius 3 is 2.39 bits per heavy atom. The number of nitrogens with zero attached hydrogens (tertiary/aromatic N) is 2. The van der Waals surface area contributed by atoms with E-state index >= 15 is 0 Å². The predicted molar refractivity (Wildman–Crippen MR) is 93.3 cm³/mol. The van der Waals surface area contributed by atoms with E-state index in [0.717, 1.165) is 25.6 Å². The summed E-state index contributed by atoms with van der Waals surface area (Å²) in [6.45, 7) is 0. The van der Waals surface area contributed by atoms with Gasteiger partial charge in [0, 0.05) is 20.2 Å². The van der Waals surface area contributed by atoms with Crippen molar-refractivity contribution in [1.29, 1.82) is 0 Å². The summed E-state index contributed by atoms with van der Waals surface area (Å²) in [4.78, 5) is 7.78. The van der Waals surface area contributed by atoms with E-state index in [9.17, 15) is 10.2 Å². The van der Waals surface area contributed by atoms with Gasteiger partial charge in [0.05, 0.1) is 10.9 Å². The van der Waals surface area contributed by atoms with Crippen LogP contribution in [0.15, 0.2) is 48.5 Å². The second-order valence-electron chi connectivity index (χ2n) is 5.48. The number of hydrogen-bond acceptors (Lipinski definition) is 5. The molecule has 110 valence electrons. The first-order chi connectivity index (χ1) is 11.2. The van der Waals surface area contributed by atoms with Crippen LogP contribution in [0.1, 0.15) is 0 Å². The van der Waals surface area contributed by atoms with Gasteiger partial charge in [0.2, 0.25) is 5.88 Å². The lowest BCUT2D eigenvalue weighted by Crippen LogP contribution is -1.86. The van der Waals surface area contributed by atoms with Crippen molar-refractivity contribution >= 4 is 53.2 Å². The summed E-state index contributed by atoms with van der Waals surface area (Å²) in [5, 5.41) is 24.6. The van der Waals surface area contributed by atoms with Crippen LogP contribution < -0.4 is 0 Å². The summed E-state index contributed by atoms with van der Waals surface area (Å²) >= 11 is 1.68. The van der Waals surface area contributed by atoms with Crippen molar-refractivity contribution in [1.82, 2.24) is 9.97 Å². The number of aromatic hydroxyl groups is 2. The summed E-state index contributed by atoms with van der Waals surface area (Å²) in [5.74, 6) is -0.200. The normalized spacial score (nSPS) is 11.8. The Hall–Kier alpha value is -2.92. The van der Waals surface area contributed by atoms with E-state index in [0.29, 0.717) is 10.9 Å². The van der Waals surface area contributed by atoms with Gasteiger partial charge in [0.15, 0.2) is 0 Å². The Morgan fingerprint density at radius 1 is 0.783 bits per heavy atom. The van der Waals surface area contributed by atoms with Crippen molar-refractivity contribution in [3.05, 3.63) is 48.5 Å². The molecule has 0 bridgehead atoms. The monoisotopic (exact) mass is 318 g/mol. The second-order valence-corrected chi connectivity index (χ2v) is 6.56. The molecule has 0 radical (unpaired) electrons. The number of thiophene rings is 1. The molecular weight excluding hydrogens is 308 g/mol. The number of rotatable bonds is 0. The molecule has 0 atom stereocenters. The minimum absolute atomic E-state index is 0.200. The molecular formula is C18H10N2O2S. The zero-order chi connectivity index (χ0) is 15.6. The molecule has 0 saturated heterocycles. The van der Waals surface area contributed by atoms with Gasteiger partial charge in [-0.3, -0.25) is 0 Å². The van der Waals surface area contributed by atoms with Gasteiger partial charge in [-0.1, -0.05) is 24.3 Å². The molecule has 0 amide bonds. The van der Waals surface area contributed by atoms with Gasteiger partial charge in [-0.05, 0) is 35.0 Å². The molecule has 0 spiro atoms. The van der Waals surface area contributed by atoms with Crippen molar-refractivity contribution in [3.8, 4) is 11.9 Å². The SMILES string of the molecule is Oc1nc(O)c2ccc3sc4cc5ccccc5cc4c3c2n1. The van der Waals surface area contributed by atoms with Crippen LogP contribution in [0, 0.1) is 0 Å². The molecule has 0 fully saturated rings. The fourth-order valence-electron chi connectivity index (χ4n) is 3.11. The topological polar surface area (TPSA) is 66.2 Å². The Kier molecular flexibility index (Phi) is 2.36. The highest BCUT2D eigenvalue weighted by Crippen LogP contribution is 2.41. The van der Waals surface area contributed by atoms with Gasteiger partial charge in [0.1, 0.15) is 0 Å². The van der Waals surface area contributed by atoms with Crippen LogP contribution in [-0.2, 0) is 0 Å². The Bertz CT molecular complexity index is 1240. The fraction of sp³-hybridized carbons (Fsp3) is 0. The van der Waals surface area contributed by atoms with Crippen LogP contribution in [0.25, 0.3) is 41.8 Å². The molecule has 0 aliphatic carbocycles. The zero-order valence-corrected chi connectivity index (χ0v) is 12.6. The maximum atomic E-state index is 9.99. The molecule has 23 heavy (non-hydrogen) atoms. The van der Waals surface area contributed by atoms with Gasteiger partial charge >= 0.3 is 6.01 Å². The summed E-state index contributed by atoms with van der Waals surface area (Å²) in [6, 6.07) is 15.9. The second kappa shape index (κ2) is 4.30. The highest BCUT2D eigenvalue weighted by Gasteiger charge is 2.14. The minimum Gasteiger partial charge on any atom is -0.493 e. The van der Waals surface area contributed by atoms with E-state index < -0.39 is 6.01 Å². The van der Waals surface area contributed by atoms with Crippen LogP contribution in [0.5, 0.6) is 11.9 Å². The van der Waals surface area contributed by atoms with Crippen LogP contribution >= 0.6 is 11.3 Å². The lowest BCUT2D eigenvalue weighted by Gasteiger charge is -2.03. The first-order valence-corrected chi connectivity index (χ1v) is 7.96. The number of fused-ring (bicyclic) bond motifs is 6. The van der Waals surface area contributed by atoms with E-state index in [1.165, 1.54) is 5.39 Å². The van der Waals surface area contributed by atoms with Gasteiger partial charge in [-0.2, -0.15) is 9.97 Å². The molecule has 2 aromatic heterocycles. The Balaban J connectivity index is 2.07. The van der Waals surface area contributed by atoms with Crippen LogP contribution in [-0.4, -0.2) is 20.2 Å². The molecule has 5 rings (SSSR count). The smallest absolute Gasteiger partial charge is 0.317 e. The first-order valence-electron chi connectivity index (χ1n) is 7.14. The number of hydrogen-bond donors (Lipinski definition) is 2. The van der Waals surface area contributed by atoms with Crippen LogP contribution in [0.3, 0.4) is 0 Å². The van der Waals surface area contributed by atoms with E-state index in [4.69, 9.17) is 0 Å². The summed E-state index contributed by atoms with van der Waals surface area (Å²) < 4.78 is 2.23. The maximum Gasteiger partial charge on any atom is 0.317 e. The van der Waals surface area contributed by atoms with Crippen LogP contribution in [0.2, 0.25) is 0 Å². The van der Waals surface area contributed by atoms with Crippen molar-refractivity contribution in [2.45, 2.75) is 0 Å². The highest BCUT2D eigenvalue weighted by atomic mass is 32.1. The molecule has 0 unspecified atom stereocenters. The molecule has 0 aliphatic rings. The fourth-order valence-corrected chi connectivity index (χ4v) is 4.25. The van der Waals surface area contributed by atoms with E-state index in [1.54, 1.807) is 17.4 Å². The third kappa shape index (κ3) is 1.71. The molecule has 3 aromatic carbocycles. The molecule has 0 aliphatic heterocycles. The molecule has 2 heterocycles. The lowest BCUT2D eigenvalue weighted by molar-refractivity contribution is 0.403. The average molecular weight is 318 g/mol. The zero-order valence-electron chi connectivity index (χ0n) is 11.8. The van der Waals surface area contributed by atoms with Gasteiger partial charge in [0.25, 0.3) is 0 Å². The molecule has 4 nitrogen and oxygen atoms in total. The molecule has 5 aromatic rings. The van der Waals surface area contributed by atoms with E-state index in [-0.39, 0.29) is 5.88 Å². The number of benzene rings is 3. The first kappa shape index (κ1) is 12.6. The molecule has 5 heteroatoms. The van der Waals surface area contributed by atoms with E-state index in [2.05, 4.69) is 34.2 Å².